The van der Waals surface area contributed by atoms with Crippen LogP contribution in [0.3, 0.4) is 0 Å². The van der Waals surface area contributed by atoms with Gasteiger partial charge in [0.15, 0.2) is 0 Å². The molecule has 0 rings (SSSR count). The Morgan fingerprint density at radius 3 is 1.96 bits per heavy atom. The van der Waals surface area contributed by atoms with Crippen molar-refractivity contribution in [3.05, 3.63) is 0 Å². The van der Waals surface area contributed by atoms with Crippen LogP contribution in [0.4, 0.5) is 0 Å². The fraction of sp³-hybridized carbons (Fsp3) is 1.00. The lowest BCUT2D eigenvalue weighted by molar-refractivity contribution is -0.104. The fourth-order valence-corrected chi connectivity index (χ4v) is 1.58. The minimum absolute atomic E-state index is 0.0740. The Labute approximate surface area is 138 Å². The molecule has 0 aliphatic carbocycles. The van der Waals surface area contributed by atoms with Gasteiger partial charge in [-0.15, -0.1) is 0 Å². The minimum Gasteiger partial charge on any atom is -0.394 e. The van der Waals surface area contributed by atoms with E-state index in [9.17, 15) is 10.2 Å². The van der Waals surface area contributed by atoms with E-state index >= 15 is 0 Å². The van der Waals surface area contributed by atoms with E-state index in [-0.39, 0.29) is 19.8 Å². The van der Waals surface area contributed by atoms with Crippen LogP contribution in [0.15, 0.2) is 0 Å². The minimum atomic E-state index is -0.901. The summed E-state index contributed by atoms with van der Waals surface area (Å²) in [6.45, 7) is 5.93. The fourth-order valence-electron chi connectivity index (χ4n) is 1.58. The van der Waals surface area contributed by atoms with Gasteiger partial charge in [-0.25, -0.2) is 0 Å². The van der Waals surface area contributed by atoms with Crippen molar-refractivity contribution < 1.29 is 38.6 Å². The SMILES string of the molecule is CCOCCOCCOCC(O)C(CO)OCCOCCOC. The molecule has 2 N–H and O–H groups in total. The number of ether oxygens (including phenoxy) is 6. The summed E-state index contributed by atoms with van der Waals surface area (Å²) in [5, 5.41) is 19.1. The highest BCUT2D eigenvalue weighted by Gasteiger charge is 2.19. The maximum atomic E-state index is 9.89. The van der Waals surface area contributed by atoms with Crippen LogP contribution in [0.5, 0.6) is 0 Å². The average Bonchev–Trinajstić information content (AvgIpc) is 2.56. The topological polar surface area (TPSA) is 95.8 Å². The molecule has 8 heteroatoms. The molecule has 0 fully saturated rings. The summed E-state index contributed by atoms with van der Waals surface area (Å²) in [7, 11) is 1.60. The van der Waals surface area contributed by atoms with Crippen molar-refractivity contribution in [3.8, 4) is 0 Å². The van der Waals surface area contributed by atoms with E-state index in [0.29, 0.717) is 52.9 Å². The van der Waals surface area contributed by atoms with Crippen molar-refractivity contribution >= 4 is 0 Å². The van der Waals surface area contributed by atoms with Crippen LogP contribution in [0, 0.1) is 0 Å². The molecule has 0 aromatic carbocycles. The monoisotopic (exact) mass is 340 g/mol. The summed E-state index contributed by atoms with van der Waals surface area (Å²) in [6.07, 6.45) is -1.60. The molecule has 0 saturated heterocycles. The molecule has 0 aromatic rings. The van der Waals surface area contributed by atoms with E-state index in [1.165, 1.54) is 0 Å². The quantitative estimate of drug-likeness (QED) is 0.321. The number of methoxy groups -OCH3 is 1. The highest BCUT2D eigenvalue weighted by Crippen LogP contribution is 2.00. The van der Waals surface area contributed by atoms with Crippen molar-refractivity contribution in [2.24, 2.45) is 0 Å². The summed E-state index contributed by atoms with van der Waals surface area (Å²) in [5.74, 6) is 0. The molecule has 23 heavy (non-hydrogen) atoms. The van der Waals surface area contributed by atoms with Crippen LogP contribution in [0.25, 0.3) is 0 Å². The van der Waals surface area contributed by atoms with Gasteiger partial charge in [0.1, 0.15) is 12.2 Å². The molecule has 8 nitrogen and oxygen atoms in total. The van der Waals surface area contributed by atoms with E-state index < -0.39 is 12.2 Å². The number of aliphatic hydroxyl groups is 2. The van der Waals surface area contributed by atoms with Crippen LogP contribution in [-0.2, 0) is 28.4 Å². The third-order valence-corrected chi connectivity index (χ3v) is 2.84. The van der Waals surface area contributed by atoms with Crippen molar-refractivity contribution in [1.29, 1.82) is 0 Å². The number of aliphatic hydroxyl groups excluding tert-OH is 2. The first-order chi connectivity index (χ1) is 11.3. The van der Waals surface area contributed by atoms with E-state index in [1.807, 2.05) is 6.92 Å². The summed E-state index contributed by atoms with van der Waals surface area (Å²) in [5.41, 5.74) is 0. The van der Waals surface area contributed by atoms with Gasteiger partial charge in [0.05, 0.1) is 66.1 Å². The molecule has 2 atom stereocenters. The van der Waals surface area contributed by atoms with Crippen LogP contribution < -0.4 is 0 Å². The predicted molar refractivity (Wildman–Crippen MR) is 83.7 cm³/mol. The van der Waals surface area contributed by atoms with E-state index in [4.69, 9.17) is 28.4 Å². The van der Waals surface area contributed by atoms with E-state index in [2.05, 4.69) is 0 Å². The third kappa shape index (κ3) is 15.0. The zero-order chi connectivity index (χ0) is 17.2. The summed E-state index contributed by atoms with van der Waals surface area (Å²) in [6, 6.07) is 0. The first-order valence-electron chi connectivity index (χ1n) is 7.96. The second-order valence-corrected chi connectivity index (χ2v) is 4.65. The van der Waals surface area contributed by atoms with Gasteiger partial charge in [-0.3, -0.25) is 0 Å². The first kappa shape index (κ1) is 22.7. The first-order valence-corrected chi connectivity index (χ1v) is 7.96. The Morgan fingerprint density at radius 2 is 1.35 bits per heavy atom. The molecule has 0 aromatic heterocycles. The molecular formula is C15H32O8. The normalized spacial score (nSPS) is 14.1. The van der Waals surface area contributed by atoms with E-state index in [0.717, 1.165) is 0 Å². The Bertz CT molecular complexity index is 230. The molecular weight excluding hydrogens is 308 g/mol. The lowest BCUT2D eigenvalue weighted by Crippen LogP contribution is -2.37. The maximum absolute atomic E-state index is 9.89. The van der Waals surface area contributed by atoms with Crippen LogP contribution in [0.1, 0.15) is 6.92 Å². The van der Waals surface area contributed by atoms with Gasteiger partial charge < -0.3 is 38.6 Å². The molecule has 2 unspecified atom stereocenters. The Hall–Kier alpha value is -0.320. The van der Waals surface area contributed by atoms with Crippen molar-refractivity contribution in [2.45, 2.75) is 19.1 Å². The second-order valence-electron chi connectivity index (χ2n) is 4.65. The number of hydrogen-bond acceptors (Lipinski definition) is 8. The average molecular weight is 340 g/mol. The largest absolute Gasteiger partial charge is 0.394 e. The molecule has 0 radical (unpaired) electrons. The second kappa shape index (κ2) is 18.0. The zero-order valence-electron chi connectivity index (χ0n) is 14.3. The van der Waals surface area contributed by atoms with Gasteiger partial charge in [-0.1, -0.05) is 0 Å². The van der Waals surface area contributed by atoms with Gasteiger partial charge in [-0.05, 0) is 6.92 Å². The van der Waals surface area contributed by atoms with Crippen LogP contribution in [0.2, 0.25) is 0 Å². The van der Waals surface area contributed by atoms with Crippen molar-refractivity contribution in [3.63, 3.8) is 0 Å². The molecule has 0 bridgehead atoms. The summed E-state index contributed by atoms with van der Waals surface area (Å²) in [4.78, 5) is 0. The third-order valence-electron chi connectivity index (χ3n) is 2.84. The highest BCUT2D eigenvalue weighted by atomic mass is 16.6. The zero-order valence-corrected chi connectivity index (χ0v) is 14.3. The van der Waals surface area contributed by atoms with Crippen molar-refractivity contribution in [2.75, 3.05) is 79.8 Å². The molecule has 0 heterocycles. The molecule has 0 amide bonds. The number of rotatable bonds is 18. The Balaban J connectivity index is 3.51. The Kier molecular flexibility index (Phi) is 17.8. The maximum Gasteiger partial charge on any atom is 0.109 e. The smallest absolute Gasteiger partial charge is 0.109 e. The van der Waals surface area contributed by atoms with Crippen LogP contribution >= 0.6 is 0 Å². The molecule has 0 aliphatic heterocycles. The molecule has 0 spiro atoms. The summed E-state index contributed by atoms with van der Waals surface area (Å²) >= 11 is 0. The van der Waals surface area contributed by atoms with Gasteiger partial charge in [-0.2, -0.15) is 0 Å². The lowest BCUT2D eigenvalue weighted by atomic mass is 10.2. The molecule has 0 saturated carbocycles. The predicted octanol–water partition coefficient (Wildman–Crippen LogP) is -0.542. The van der Waals surface area contributed by atoms with Gasteiger partial charge in [0.2, 0.25) is 0 Å². The standard InChI is InChI=1S/C15H32O8/c1-3-19-6-7-21-8-9-22-13-14(17)15(12-16)23-11-10-20-5-4-18-2/h14-17H,3-13H2,1-2H3. The number of hydrogen-bond donors (Lipinski definition) is 2. The van der Waals surface area contributed by atoms with Gasteiger partial charge in [0.25, 0.3) is 0 Å². The van der Waals surface area contributed by atoms with Crippen LogP contribution in [-0.4, -0.2) is 102 Å². The lowest BCUT2D eigenvalue weighted by Gasteiger charge is -2.21. The summed E-state index contributed by atoms with van der Waals surface area (Å²) < 4.78 is 31.1. The molecule has 140 valence electrons. The van der Waals surface area contributed by atoms with Crippen molar-refractivity contribution in [1.82, 2.24) is 0 Å². The van der Waals surface area contributed by atoms with Gasteiger partial charge in [0, 0.05) is 13.7 Å². The van der Waals surface area contributed by atoms with Gasteiger partial charge >= 0.3 is 0 Å². The highest BCUT2D eigenvalue weighted by molar-refractivity contribution is 4.67. The van der Waals surface area contributed by atoms with E-state index in [1.54, 1.807) is 7.11 Å². The molecule has 0 aliphatic rings. The Morgan fingerprint density at radius 1 is 0.783 bits per heavy atom.